The van der Waals surface area contributed by atoms with Crippen molar-refractivity contribution in [3.8, 4) is 0 Å². The molecule has 1 aromatic carbocycles. The Morgan fingerprint density at radius 2 is 1.73 bits per heavy atom. The van der Waals surface area contributed by atoms with Crippen molar-refractivity contribution in [1.29, 1.82) is 0 Å². The SMILES string of the molecule is CSc1ccc(S(=O)(=O)NCCSC2CCCCC2)cc1C(=O)N1CCCCCC1. The van der Waals surface area contributed by atoms with Gasteiger partial charge < -0.3 is 4.90 Å². The summed E-state index contributed by atoms with van der Waals surface area (Å²) in [5.74, 6) is 0.734. The molecule has 0 bridgehead atoms. The van der Waals surface area contributed by atoms with Crippen LogP contribution in [0.25, 0.3) is 0 Å². The van der Waals surface area contributed by atoms with E-state index >= 15 is 0 Å². The van der Waals surface area contributed by atoms with Gasteiger partial charge in [0.05, 0.1) is 10.5 Å². The fourth-order valence-electron chi connectivity index (χ4n) is 4.18. The lowest BCUT2D eigenvalue weighted by molar-refractivity contribution is 0.0758. The number of likely N-dealkylation sites (tertiary alicyclic amines) is 1. The predicted molar refractivity (Wildman–Crippen MR) is 127 cm³/mol. The zero-order valence-electron chi connectivity index (χ0n) is 17.9. The molecule has 1 saturated heterocycles. The van der Waals surface area contributed by atoms with Gasteiger partial charge in [-0.3, -0.25) is 4.79 Å². The molecule has 2 aliphatic rings. The fraction of sp³-hybridized carbons (Fsp3) is 0.682. The molecule has 8 heteroatoms. The number of nitrogens with one attached hydrogen (secondary N) is 1. The monoisotopic (exact) mass is 470 g/mol. The number of amides is 1. The lowest BCUT2D eigenvalue weighted by Crippen LogP contribution is -2.32. The van der Waals surface area contributed by atoms with Crippen LogP contribution in [0.1, 0.15) is 68.1 Å². The number of rotatable bonds is 8. The van der Waals surface area contributed by atoms with Crippen molar-refractivity contribution in [3.63, 3.8) is 0 Å². The average Bonchev–Trinajstić information content (AvgIpc) is 3.06. The van der Waals surface area contributed by atoms with E-state index < -0.39 is 10.0 Å². The molecule has 1 aromatic rings. The molecule has 0 atom stereocenters. The van der Waals surface area contributed by atoms with Crippen molar-refractivity contribution in [2.75, 3.05) is 31.6 Å². The van der Waals surface area contributed by atoms with Gasteiger partial charge in [-0.2, -0.15) is 11.8 Å². The standard InChI is InChI=1S/C22H34N2O3S3/c1-28-21-12-11-19(17-20(21)22(25)24-14-7-2-3-8-15-24)30(26,27)23-13-16-29-18-9-5-4-6-10-18/h11-12,17-18,23H,2-10,13-16H2,1H3. The minimum atomic E-state index is -3.63. The molecule has 0 aromatic heterocycles. The number of nitrogens with zero attached hydrogens (tertiary/aromatic N) is 1. The Balaban J connectivity index is 1.65. The highest BCUT2D eigenvalue weighted by Crippen LogP contribution is 2.28. The molecule has 30 heavy (non-hydrogen) atoms. The quantitative estimate of drug-likeness (QED) is 0.438. The average molecular weight is 471 g/mol. The molecule has 1 heterocycles. The summed E-state index contributed by atoms with van der Waals surface area (Å²) in [6, 6.07) is 4.94. The molecular formula is C22H34N2O3S3. The molecule has 0 radical (unpaired) electrons. The van der Waals surface area contributed by atoms with Crippen molar-refractivity contribution in [1.82, 2.24) is 9.62 Å². The van der Waals surface area contributed by atoms with Gasteiger partial charge in [-0.05, 0) is 50.1 Å². The molecule has 1 aliphatic carbocycles. The second-order valence-corrected chi connectivity index (χ2v) is 12.1. The Kier molecular flexibility index (Phi) is 9.41. The largest absolute Gasteiger partial charge is 0.339 e. The van der Waals surface area contributed by atoms with E-state index in [-0.39, 0.29) is 10.8 Å². The molecule has 1 N–H and O–H groups in total. The Morgan fingerprint density at radius 1 is 1.07 bits per heavy atom. The van der Waals surface area contributed by atoms with Crippen LogP contribution < -0.4 is 4.72 Å². The number of thioether (sulfide) groups is 2. The van der Waals surface area contributed by atoms with Crippen LogP contribution in [0, 0.1) is 0 Å². The van der Waals surface area contributed by atoms with Crippen molar-refractivity contribution >= 4 is 39.5 Å². The smallest absolute Gasteiger partial charge is 0.255 e. The molecule has 0 spiro atoms. The highest BCUT2D eigenvalue weighted by Gasteiger charge is 2.23. The predicted octanol–water partition coefficient (Wildman–Crippen LogP) is 4.77. The van der Waals surface area contributed by atoms with Gasteiger partial charge >= 0.3 is 0 Å². The van der Waals surface area contributed by atoms with Crippen LogP contribution in [0.2, 0.25) is 0 Å². The van der Waals surface area contributed by atoms with Crippen molar-refractivity contribution in [2.45, 2.75) is 72.8 Å². The number of hydrogen-bond acceptors (Lipinski definition) is 5. The van der Waals surface area contributed by atoms with Gasteiger partial charge in [0.15, 0.2) is 0 Å². The van der Waals surface area contributed by atoms with E-state index in [0.29, 0.717) is 17.4 Å². The molecular weight excluding hydrogens is 436 g/mol. The number of carbonyl (C=O) groups excluding carboxylic acids is 1. The number of hydrogen-bond donors (Lipinski definition) is 1. The summed E-state index contributed by atoms with van der Waals surface area (Å²) < 4.78 is 28.4. The van der Waals surface area contributed by atoms with Crippen LogP contribution >= 0.6 is 23.5 Å². The van der Waals surface area contributed by atoms with E-state index in [4.69, 9.17) is 0 Å². The van der Waals surface area contributed by atoms with Gasteiger partial charge in [0.1, 0.15) is 0 Å². The number of benzene rings is 1. The molecule has 1 saturated carbocycles. The molecule has 1 aliphatic heterocycles. The second-order valence-electron chi connectivity index (χ2n) is 8.10. The summed E-state index contributed by atoms with van der Waals surface area (Å²) in [7, 11) is -3.63. The maximum atomic E-state index is 13.1. The van der Waals surface area contributed by atoms with Gasteiger partial charge in [-0.1, -0.05) is 32.1 Å². The summed E-state index contributed by atoms with van der Waals surface area (Å²) >= 11 is 3.36. The first-order chi connectivity index (χ1) is 14.5. The van der Waals surface area contributed by atoms with Crippen LogP contribution in [-0.2, 0) is 10.0 Å². The highest BCUT2D eigenvalue weighted by molar-refractivity contribution is 8.00. The minimum absolute atomic E-state index is 0.0499. The van der Waals surface area contributed by atoms with Gasteiger partial charge in [-0.25, -0.2) is 13.1 Å². The Morgan fingerprint density at radius 3 is 2.40 bits per heavy atom. The first-order valence-electron chi connectivity index (χ1n) is 11.1. The highest BCUT2D eigenvalue weighted by atomic mass is 32.2. The van der Waals surface area contributed by atoms with E-state index in [1.807, 2.05) is 22.9 Å². The fourth-order valence-corrected chi connectivity index (χ4v) is 7.16. The second kappa shape index (κ2) is 11.8. The zero-order chi connectivity index (χ0) is 21.4. The van der Waals surface area contributed by atoms with Gasteiger partial charge in [0.25, 0.3) is 5.91 Å². The third kappa shape index (κ3) is 6.65. The lowest BCUT2D eigenvalue weighted by atomic mass is 10.0. The Labute approximate surface area is 190 Å². The molecule has 168 valence electrons. The summed E-state index contributed by atoms with van der Waals surface area (Å²) in [4.78, 5) is 16.0. The topological polar surface area (TPSA) is 66.5 Å². The third-order valence-electron chi connectivity index (χ3n) is 5.90. The lowest BCUT2D eigenvalue weighted by Gasteiger charge is -2.22. The Bertz CT molecular complexity index is 800. The van der Waals surface area contributed by atoms with E-state index in [9.17, 15) is 13.2 Å². The molecule has 5 nitrogen and oxygen atoms in total. The van der Waals surface area contributed by atoms with Crippen LogP contribution in [0.15, 0.2) is 28.0 Å². The van der Waals surface area contributed by atoms with Crippen LogP contribution in [0.5, 0.6) is 0 Å². The number of sulfonamides is 1. The maximum absolute atomic E-state index is 13.1. The van der Waals surface area contributed by atoms with E-state index in [0.717, 1.165) is 49.4 Å². The normalized spacial score (nSPS) is 18.9. The number of carbonyl (C=O) groups is 1. The first kappa shape index (κ1) is 24.0. The van der Waals surface area contributed by atoms with Gasteiger partial charge in [0, 0.05) is 35.5 Å². The van der Waals surface area contributed by atoms with Crippen molar-refractivity contribution in [2.24, 2.45) is 0 Å². The van der Waals surface area contributed by atoms with Gasteiger partial charge in [0.2, 0.25) is 10.0 Å². The summed E-state index contributed by atoms with van der Waals surface area (Å²) in [6.45, 7) is 1.92. The molecule has 1 amide bonds. The summed E-state index contributed by atoms with van der Waals surface area (Å²) in [6.07, 6.45) is 12.6. The van der Waals surface area contributed by atoms with Crippen LogP contribution in [0.4, 0.5) is 0 Å². The zero-order valence-corrected chi connectivity index (χ0v) is 20.3. The van der Waals surface area contributed by atoms with Crippen LogP contribution in [-0.4, -0.2) is 56.1 Å². The third-order valence-corrected chi connectivity index (χ3v) is 9.54. The maximum Gasteiger partial charge on any atom is 0.255 e. The Hall–Kier alpha value is -0.700. The van der Waals surface area contributed by atoms with E-state index in [1.165, 1.54) is 43.9 Å². The molecule has 0 unspecified atom stereocenters. The van der Waals surface area contributed by atoms with Gasteiger partial charge in [-0.15, -0.1) is 11.8 Å². The van der Waals surface area contributed by atoms with Crippen molar-refractivity contribution < 1.29 is 13.2 Å². The van der Waals surface area contributed by atoms with E-state index in [1.54, 1.807) is 18.2 Å². The van der Waals surface area contributed by atoms with Crippen LogP contribution in [0.3, 0.4) is 0 Å². The molecule has 2 fully saturated rings. The molecule has 3 rings (SSSR count). The first-order valence-corrected chi connectivity index (χ1v) is 14.9. The van der Waals surface area contributed by atoms with E-state index in [2.05, 4.69) is 4.72 Å². The summed E-state index contributed by atoms with van der Waals surface area (Å²) in [5.41, 5.74) is 0.504. The summed E-state index contributed by atoms with van der Waals surface area (Å²) in [5, 5.41) is 0.668. The van der Waals surface area contributed by atoms with Crippen molar-refractivity contribution in [3.05, 3.63) is 23.8 Å². The minimum Gasteiger partial charge on any atom is -0.339 e.